The highest BCUT2D eigenvalue weighted by molar-refractivity contribution is 5.93. The summed E-state index contributed by atoms with van der Waals surface area (Å²) in [6.07, 6.45) is 0. The zero-order valence-corrected chi connectivity index (χ0v) is 16.3. The molecule has 0 unspecified atom stereocenters. The van der Waals surface area contributed by atoms with Crippen LogP contribution in [0.3, 0.4) is 0 Å². The van der Waals surface area contributed by atoms with Crippen molar-refractivity contribution in [1.29, 1.82) is 0 Å². The van der Waals surface area contributed by atoms with Gasteiger partial charge in [0.15, 0.2) is 5.82 Å². The molecule has 4 aromatic rings. The van der Waals surface area contributed by atoms with Crippen LogP contribution in [-0.2, 0) is 4.79 Å². The highest BCUT2D eigenvalue weighted by Crippen LogP contribution is 2.21. The minimum atomic E-state index is -0.279. The molecule has 0 saturated carbocycles. The maximum Gasteiger partial charge on any atom is 0.280 e. The Morgan fingerprint density at radius 2 is 1.67 bits per heavy atom. The van der Waals surface area contributed by atoms with Crippen molar-refractivity contribution in [2.75, 3.05) is 24.4 Å². The van der Waals surface area contributed by atoms with Crippen molar-refractivity contribution in [2.24, 2.45) is 0 Å². The van der Waals surface area contributed by atoms with Gasteiger partial charge < -0.3 is 15.5 Å². The second-order valence-corrected chi connectivity index (χ2v) is 6.57. The first kappa shape index (κ1) is 19.2. The van der Waals surface area contributed by atoms with Gasteiger partial charge in [-0.05, 0) is 48.5 Å². The molecule has 2 N–H and O–H groups in total. The van der Waals surface area contributed by atoms with E-state index in [1.54, 1.807) is 49.6 Å². The number of hydrogen-bond donors (Lipinski definition) is 2. The van der Waals surface area contributed by atoms with E-state index in [2.05, 4.69) is 15.7 Å². The summed E-state index contributed by atoms with van der Waals surface area (Å²) in [5.41, 5.74) is 4.63. The number of benzene rings is 3. The number of rotatable bonds is 6. The molecule has 0 aliphatic carbocycles. The summed E-state index contributed by atoms with van der Waals surface area (Å²) in [6.45, 7) is -0.0992. The predicted molar refractivity (Wildman–Crippen MR) is 117 cm³/mol. The molecule has 4 rings (SSSR count). The van der Waals surface area contributed by atoms with Crippen LogP contribution in [0, 0.1) is 0 Å². The third-order valence-electron chi connectivity index (χ3n) is 4.58. The van der Waals surface area contributed by atoms with Crippen LogP contribution in [0.4, 0.5) is 5.69 Å². The number of nitrogens with one attached hydrogen (secondary N) is 2. The van der Waals surface area contributed by atoms with Gasteiger partial charge in [0, 0.05) is 11.3 Å². The SMILES string of the molecule is COc1ccc(-c2nc3ccccc3c(=O)n2NCC(=O)Nc2ccccc2)cc1. The average molecular weight is 400 g/mol. The molecule has 30 heavy (non-hydrogen) atoms. The molecule has 1 amide bonds. The summed E-state index contributed by atoms with van der Waals surface area (Å²) in [4.78, 5) is 30.1. The Morgan fingerprint density at radius 3 is 2.40 bits per heavy atom. The molecule has 150 valence electrons. The van der Waals surface area contributed by atoms with E-state index in [-0.39, 0.29) is 18.0 Å². The van der Waals surface area contributed by atoms with Crippen LogP contribution in [0.15, 0.2) is 83.7 Å². The molecule has 7 nitrogen and oxygen atoms in total. The lowest BCUT2D eigenvalue weighted by Crippen LogP contribution is -2.36. The fraction of sp³-hybridized carbons (Fsp3) is 0.0870. The van der Waals surface area contributed by atoms with E-state index in [0.29, 0.717) is 28.2 Å². The van der Waals surface area contributed by atoms with E-state index in [1.807, 2.05) is 36.4 Å². The van der Waals surface area contributed by atoms with Gasteiger partial charge in [0.05, 0.1) is 18.0 Å². The minimum Gasteiger partial charge on any atom is -0.497 e. The lowest BCUT2D eigenvalue weighted by atomic mass is 10.2. The van der Waals surface area contributed by atoms with Crippen molar-refractivity contribution >= 4 is 22.5 Å². The molecular weight excluding hydrogens is 380 g/mol. The van der Waals surface area contributed by atoms with Gasteiger partial charge in [-0.3, -0.25) is 9.59 Å². The summed E-state index contributed by atoms with van der Waals surface area (Å²) in [5.74, 6) is 0.833. The molecule has 3 aromatic carbocycles. The van der Waals surface area contributed by atoms with E-state index in [4.69, 9.17) is 4.74 Å². The third-order valence-corrected chi connectivity index (χ3v) is 4.58. The number of carbonyl (C=O) groups excluding carboxylic acids is 1. The van der Waals surface area contributed by atoms with Gasteiger partial charge in [0.2, 0.25) is 5.91 Å². The van der Waals surface area contributed by atoms with Crippen molar-refractivity contribution in [3.8, 4) is 17.1 Å². The maximum atomic E-state index is 13.1. The minimum absolute atomic E-state index is 0.0992. The molecule has 7 heteroatoms. The number of ether oxygens (including phenoxy) is 1. The number of aromatic nitrogens is 2. The number of hydrogen-bond acceptors (Lipinski definition) is 5. The van der Waals surface area contributed by atoms with Gasteiger partial charge in [0.25, 0.3) is 5.56 Å². The first-order chi connectivity index (χ1) is 14.7. The van der Waals surface area contributed by atoms with Crippen LogP contribution in [0.5, 0.6) is 5.75 Å². The molecule has 0 bridgehead atoms. The largest absolute Gasteiger partial charge is 0.497 e. The normalized spacial score (nSPS) is 10.6. The summed E-state index contributed by atoms with van der Waals surface area (Å²) in [7, 11) is 1.59. The van der Waals surface area contributed by atoms with Crippen molar-refractivity contribution in [1.82, 2.24) is 9.66 Å². The van der Waals surface area contributed by atoms with Gasteiger partial charge in [-0.1, -0.05) is 30.3 Å². The number of amides is 1. The fourth-order valence-corrected chi connectivity index (χ4v) is 3.09. The second-order valence-electron chi connectivity index (χ2n) is 6.57. The van der Waals surface area contributed by atoms with Crippen LogP contribution in [0.2, 0.25) is 0 Å². The van der Waals surface area contributed by atoms with E-state index in [9.17, 15) is 9.59 Å². The monoisotopic (exact) mass is 400 g/mol. The number of carbonyl (C=O) groups is 1. The van der Waals surface area contributed by atoms with Crippen LogP contribution in [0.25, 0.3) is 22.3 Å². The number of para-hydroxylation sites is 2. The third kappa shape index (κ3) is 4.00. The molecule has 0 aliphatic heterocycles. The zero-order valence-electron chi connectivity index (χ0n) is 16.3. The lowest BCUT2D eigenvalue weighted by Gasteiger charge is -2.15. The average Bonchev–Trinajstić information content (AvgIpc) is 2.79. The molecule has 0 spiro atoms. The smallest absolute Gasteiger partial charge is 0.280 e. The van der Waals surface area contributed by atoms with Crippen LogP contribution in [-0.4, -0.2) is 29.2 Å². The lowest BCUT2D eigenvalue weighted by molar-refractivity contribution is -0.114. The molecule has 0 saturated heterocycles. The number of nitrogens with zero attached hydrogens (tertiary/aromatic N) is 2. The number of anilines is 1. The van der Waals surface area contributed by atoms with E-state index >= 15 is 0 Å². The summed E-state index contributed by atoms with van der Waals surface area (Å²) < 4.78 is 6.52. The first-order valence-electron chi connectivity index (χ1n) is 9.41. The highest BCUT2D eigenvalue weighted by atomic mass is 16.5. The van der Waals surface area contributed by atoms with Gasteiger partial charge in [0.1, 0.15) is 12.3 Å². The number of fused-ring (bicyclic) bond motifs is 1. The molecule has 0 radical (unpaired) electrons. The Balaban J connectivity index is 1.68. The molecule has 0 aliphatic rings. The quantitative estimate of drug-likeness (QED) is 0.519. The van der Waals surface area contributed by atoms with Crippen molar-refractivity contribution in [2.45, 2.75) is 0 Å². The highest BCUT2D eigenvalue weighted by Gasteiger charge is 2.14. The van der Waals surface area contributed by atoms with E-state index in [0.717, 1.165) is 5.56 Å². The summed E-state index contributed by atoms with van der Waals surface area (Å²) >= 11 is 0. The Hall–Kier alpha value is -4.13. The molecule has 0 atom stereocenters. The van der Waals surface area contributed by atoms with Crippen molar-refractivity contribution in [3.05, 3.63) is 89.2 Å². The Bertz CT molecular complexity index is 1240. The topological polar surface area (TPSA) is 85.2 Å². The maximum absolute atomic E-state index is 13.1. The summed E-state index contributed by atoms with van der Waals surface area (Å²) in [5, 5.41) is 3.25. The summed E-state index contributed by atoms with van der Waals surface area (Å²) in [6, 6.07) is 23.5. The Kier molecular flexibility index (Phi) is 5.43. The fourth-order valence-electron chi connectivity index (χ4n) is 3.09. The first-order valence-corrected chi connectivity index (χ1v) is 9.41. The second kappa shape index (κ2) is 8.48. The number of methoxy groups -OCH3 is 1. The van der Waals surface area contributed by atoms with E-state index in [1.165, 1.54) is 4.68 Å². The van der Waals surface area contributed by atoms with Gasteiger partial charge in [-0.25, -0.2) is 9.66 Å². The van der Waals surface area contributed by atoms with Crippen LogP contribution in [0.1, 0.15) is 0 Å². The molecule has 1 aromatic heterocycles. The van der Waals surface area contributed by atoms with E-state index < -0.39 is 0 Å². The molecule has 1 heterocycles. The van der Waals surface area contributed by atoms with Gasteiger partial charge in [-0.2, -0.15) is 0 Å². The predicted octanol–water partition coefficient (Wildman–Crippen LogP) is 3.25. The molecular formula is C23H20N4O3. The van der Waals surface area contributed by atoms with Crippen LogP contribution >= 0.6 is 0 Å². The Morgan fingerprint density at radius 1 is 0.967 bits per heavy atom. The molecule has 0 fully saturated rings. The Labute approximate surface area is 172 Å². The van der Waals surface area contributed by atoms with Crippen molar-refractivity contribution < 1.29 is 9.53 Å². The zero-order chi connectivity index (χ0) is 20.9. The standard InChI is InChI=1S/C23H20N4O3/c1-30-18-13-11-16(12-14-18)22-26-20-10-6-5-9-19(20)23(29)27(22)24-15-21(28)25-17-7-3-2-4-8-17/h2-14,24H,15H2,1H3,(H,25,28). The van der Waals surface area contributed by atoms with Crippen molar-refractivity contribution in [3.63, 3.8) is 0 Å². The van der Waals surface area contributed by atoms with Gasteiger partial charge in [-0.15, -0.1) is 0 Å². The van der Waals surface area contributed by atoms with Crippen LogP contribution < -0.4 is 21.0 Å². The van der Waals surface area contributed by atoms with Gasteiger partial charge >= 0.3 is 0 Å².